The van der Waals surface area contributed by atoms with Crippen LogP contribution in [0.5, 0.6) is 0 Å². The van der Waals surface area contributed by atoms with Crippen molar-refractivity contribution in [1.82, 2.24) is 14.9 Å². The number of nitrogens with zero attached hydrogens (tertiary/aromatic N) is 3. The number of likely N-dealkylation sites (tertiary alicyclic amines) is 1. The van der Waals surface area contributed by atoms with Gasteiger partial charge in [0.1, 0.15) is 5.82 Å². The summed E-state index contributed by atoms with van der Waals surface area (Å²) in [6.07, 6.45) is 2.82. The van der Waals surface area contributed by atoms with Gasteiger partial charge >= 0.3 is 0 Å². The van der Waals surface area contributed by atoms with E-state index in [1.54, 1.807) is 48.4 Å². The number of carbonyl (C=O) groups is 2. The number of carbonyl (C=O) groups excluding carboxylic acids is 2. The fourth-order valence-electron chi connectivity index (χ4n) is 3.44. The summed E-state index contributed by atoms with van der Waals surface area (Å²) in [4.78, 5) is 34.7. The van der Waals surface area contributed by atoms with Crippen LogP contribution >= 0.6 is 0 Å². The Kier molecular flexibility index (Phi) is 5.56. The topological polar surface area (TPSA) is 87.2 Å². The first kappa shape index (κ1) is 19.8. The van der Waals surface area contributed by atoms with Crippen LogP contribution in [0.4, 0.5) is 16.0 Å². The van der Waals surface area contributed by atoms with Crippen molar-refractivity contribution < 1.29 is 14.0 Å². The molecule has 2 N–H and O–H groups in total. The number of benzene rings is 2. The van der Waals surface area contributed by atoms with Gasteiger partial charge in [-0.3, -0.25) is 9.59 Å². The Bertz CT molecular complexity index is 1090. The molecule has 3 aromatic rings. The van der Waals surface area contributed by atoms with Gasteiger partial charge in [-0.25, -0.2) is 14.4 Å². The third-order valence-electron chi connectivity index (χ3n) is 5.09. The lowest BCUT2D eigenvalue weighted by molar-refractivity contribution is -0.115. The zero-order valence-electron chi connectivity index (χ0n) is 16.6. The van der Waals surface area contributed by atoms with Crippen LogP contribution in [0.1, 0.15) is 30.1 Å². The van der Waals surface area contributed by atoms with Crippen molar-refractivity contribution in [1.29, 1.82) is 0 Å². The lowest BCUT2D eigenvalue weighted by Gasteiger charge is -2.17. The molecule has 1 atom stereocenters. The average molecular weight is 407 g/mol. The van der Waals surface area contributed by atoms with Crippen LogP contribution in [0.15, 0.2) is 48.7 Å². The van der Waals surface area contributed by atoms with Gasteiger partial charge in [0.15, 0.2) is 0 Å². The van der Waals surface area contributed by atoms with Gasteiger partial charge in [0.25, 0.3) is 5.91 Å². The monoisotopic (exact) mass is 407 g/mol. The number of fused-ring (bicyclic) bond motifs is 1. The number of anilines is 2. The summed E-state index contributed by atoms with van der Waals surface area (Å²) in [5.41, 5.74) is 1.78. The van der Waals surface area contributed by atoms with Crippen molar-refractivity contribution in [3.63, 3.8) is 0 Å². The van der Waals surface area contributed by atoms with Crippen LogP contribution in [-0.4, -0.2) is 45.8 Å². The van der Waals surface area contributed by atoms with Gasteiger partial charge in [0, 0.05) is 54.5 Å². The van der Waals surface area contributed by atoms with E-state index < -0.39 is 0 Å². The standard InChI is InChI=1S/C22H22FN5O2/c1-2-20(29)25-17-7-4-14(5-8-17)21(30)28-10-9-18(13-28)26-22-24-12-15-3-6-16(23)11-19(15)27-22/h3-8,11-12,18H,2,9-10,13H2,1H3,(H,25,29)(H,24,26,27). The van der Waals surface area contributed by atoms with Crippen molar-refractivity contribution in [2.24, 2.45) is 0 Å². The highest BCUT2D eigenvalue weighted by Crippen LogP contribution is 2.19. The Morgan fingerprint density at radius 3 is 2.77 bits per heavy atom. The van der Waals surface area contributed by atoms with Crippen LogP contribution < -0.4 is 10.6 Å². The predicted octanol–water partition coefficient (Wildman–Crippen LogP) is 3.44. The molecular formula is C22H22FN5O2. The molecule has 30 heavy (non-hydrogen) atoms. The summed E-state index contributed by atoms with van der Waals surface area (Å²) < 4.78 is 13.4. The van der Waals surface area contributed by atoms with Crippen molar-refractivity contribution >= 4 is 34.4 Å². The number of rotatable bonds is 5. The van der Waals surface area contributed by atoms with E-state index in [2.05, 4.69) is 20.6 Å². The molecule has 0 saturated carbocycles. The second-order valence-electron chi connectivity index (χ2n) is 7.26. The molecule has 1 aromatic heterocycles. The van der Waals surface area contributed by atoms with Gasteiger partial charge in [-0.05, 0) is 42.8 Å². The molecule has 2 amide bonds. The first-order chi connectivity index (χ1) is 14.5. The smallest absolute Gasteiger partial charge is 0.253 e. The molecule has 1 aliphatic heterocycles. The van der Waals surface area contributed by atoms with E-state index in [0.717, 1.165) is 11.8 Å². The second-order valence-corrected chi connectivity index (χ2v) is 7.26. The first-order valence-electron chi connectivity index (χ1n) is 9.90. The quantitative estimate of drug-likeness (QED) is 0.677. The highest BCUT2D eigenvalue weighted by atomic mass is 19.1. The molecule has 8 heteroatoms. The second kappa shape index (κ2) is 8.44. The maximum atomic E-state index is 13.4. The molecular weight excluding hydrogens is 385 g/mol. The molecule has 0 radical (unpaired) electrons. The van der Waals surface area contributed by atoms with Gasteiger partial charge in [0.05, 0.1) is 5.52 Å². The summed E-state index contributed by atoms with van der Waals surface area (Å²) in [6, 6.07) is 11.3. The number of halogens is 1. The maximum absolute atomic E-state index is 13.4. The van der Waals surface area contributed by atoms with Gasteiger partial charge in [-0.2, -0.15) is 0 Å². The van der Waals surface area contributed by atoms with E-state index in [4.69, 9.17) is 0 Å². The fourth-order valence-corrected chi connectivity index (χ4v) is 3.44. The molecule has 0 spiro atoms. The Labute approximate surface area is 173 Å². The van der Waals surface area contributed by atoms with Crippen molar-refractivity contribution in [2.75, 3.05) is 23.7 Å². The number of hydrogen-bond acceptors (Lipinski definition) is 5. The Morgan fingerprint density at radius 1 is 1.20 bits per heavy atom. The molecule has 4 rings (SSSR count). The van der Waals surface area contributed by atoms with Crippen LogP contribution in [0.3, 0.4) is 0 Å². The molecule has 2 aromatic carbocycles. The Hall–Kier alpha value is -3.55. The summed E-state index contributed by atoms with van der Waals surface area (Å²) in [5.74, 6) is -0.0520. The number of aromatic nitrogens is 2. The van der Waals surface area contributed by atoms with E-state index in [-0.39, 0.29) is 23.7 Å². The predicted molar refractivity (Wildman–Crippen MR) is 113 cm³/mol. The lowest BCUT2D eigenvalue weighted by atomic mass is 10.2. The summed E-state index contributed by atoms with van der Waals surface area (Å²) in [7, 11) is 0. The van der Waals surface area contributed by atoms with Gasteiger partial charge in [0.2, 0.25) is 11.9 Å². The van der Waals surface area contributed by atoms with E-state index >= 15 is 0 Å². The summed E-state index contributed by atoms with van der Waals surface area (Å²) >= 11 is 0. The van der Waals surface area contributed by atoms with Gasteiger partial charge in [-0.15, -0.1) is 0 Å². The SMILES string of the molecule is CCC(=O)Nc1ccc(C(=O)N2CCC(Nc3ncc4ccc(F)cc4n3)C2)cc1. The van der Waals surface area contributed by atoms with Crippen molar-refractivity contribution in [2.45, 2.75) is 25.8 Å². The molecule has 2 heterocycles. The lowest BCUT2D eigenvalue weighted by Crippen LogP contribution is -2.31. The maximum Gasteiger partial charge on any atom is 0.253 e. The largest absolute Gasteiger partial charge is 0.350 e. The van der Waals surface area contributed by atoms with Crippen molar-refractivity contribution in [3.05, 3.63) is 60.0 Å². The normalized spacial score (nSPS) is 15.9. The van der Waals surface area contributed by atoms with E-state index in [1.807, 2.05) is 0 Å². The third kappa shape index (κ3) is 4.37. The highest BCUT2D eigenvalue weighted by Gasteiger charge is 2.27. The molecule has 0 bridgehead atoms. The van der Waals surface area contributed by atoms with Crippen LogP contribution in [0, 0.1) is 5.82 Å². The zero-order chi connectivity index (χ0) is 21.1. The molecule has 1 unspecified atom stereocenters. The molecule has 7 nitrogen and oxygen atoms in total. The molecule has 1 saturated heterocycles. The summed E-state index contributed by atoms with van der Waals surface area (Å²) in [5, 5.41) is 6.77. The van der Waals surface area contributed by atoms with Gasteiger partial charge < -0.3 is 15.5 Å². The third-order valence-corrected chi connectivity index (χ3v) is 5.09. The van der Waals surface area contributed by atoms with Crippen molar-refractivity contribution in [3.8, 4) is 0 Å². The molecule has 1 aliphatic rings. The Morgan fingerprint density at radius 2 is 2.00 bits per heavy atom. The average Bonchev–Trinajstić information content (AvgIpc) is 3.22. The van der Waals surface area contributed by atoms with Crippen LogP contribution in [-0.2, 0) is 4.79 Å². The minimum atomic E-state index is -0.343. The molecule has 1 fully saturated rings. The number of amides is 2. The van der Waals surface area contributed by atoms with Gasteiger partial charge in [-0.1, -0.05) is 6.92 Å². The number of nitrogens with one attached hydrogen (secondary N) is 2. The van der Waals surface area contributed by atoms with Crippen LogP contribution in [0.25, 0.3) is 10.9 Å². The number of hydrogen-bond donors (Lipinski definition) is 2. The molecule has 0 aliphatic carbocycles. The van der Waals surface area contributed by atoms with E-state index in [1.165, 1.54) is 12.1 Å². The minimum Gasteiger partial charge on any atom is -0.350 e. The molecule has 154 valence electrons. The van der Waals surface area contributed by atoms with Crippen LogP contribution in [0.2, 0.25) is 0 Å². The summed E-state index contributed by atoms with van der Waals surface area (Å²) in [6.45, 7) is 2.93. The minimum absolute atomic E-state index is 0.0167. The highest BCUT2D eigenvalue weighted by molar-refractivity contribution is 5.96. The fraction of sp³-hybridized carbons (Fsp3) is 0.273. The first-order valence-corrected chi connectivity index (χ1v) is 9.90. The van der Waals surface area contributed by atoms with E-state index in [9.17, 15) is 14.0 Å². The Balaban J connectivity index is 1.38. The zero-order valence-corrected chi connectivity index (χ0v) is 16.6. The van der Waals surface area contributed by atoms with E-state index in [0.29, 0.717) is 42.2 Å².